The van der Waals surface area contributed by atoms with Crippen LogP contribution in [0.4, 0.5) is 31.1 Å². The lowest BCUT2D eigenvalue weighted by Crippen LogP contribution is -2.44. The summed E-state index contributed by atoms with van der Waals surface area (Å²) in [6, 6.07) is -0.573. The highest BCUT2D eigenvalue weighted by Crippen LogP contribution is 2.33. The van der Waals surface area contributed by atoms with Gasteiger partial charge in [0.25, 0.3) is 5.91 Å². The summed E-state index contributed by atoms with van der Waals surface area (Å²) in [6.45, 7) is -0.933. The monoisotopic (exact) mass is 533 g/mol. The number of carbonyl (C=O) groups excluding carboxylic acids is 2. The molecule has 0 bridgehead atoms. The van der Waals surface area contributed by atoms with Crippen LogP contribution in [0.3, 0.4) is 0 Å². The Kier molecular flexibility index (Phi) is 7.06. The van der Waals surface area contributed by atoms with Crippen LogP contribution in [0.25, 0.3) is 0 Å². The van der Waals surface area contributed by atoms with Crippen LogP contribution in [0.2, 0.25) is 0 Å². The Balaban J connectivity index is 1.54. The average molecular weight is 533 g/mol. The third kappa shape index (κ3) is 5.97. The first-order valence-electron chi connectivity index (χ1n) is 11.2. The zero-order chi connectivity index (χ0) is 27.1. The van der Waals surface area contributed by atoms with E-state index in [0.717, 1.165) is 9.47 Å². The van der Waals surface area contributed by atoms with Crippen molar-refractivity contribution < 1.29 is 45.8 Å². The quantitative estimate of drug-likeness (QED) is 0.374. The van der Waals surface area contributed by atoms with Crippen LogP contribution in [0.15, 0.2) is 12.1 Å². The van der Waals surface area contributed by atoms with E-state index < -0.39 is 78.5 Å². The fraction of sp³-hybridized carbons (Fsp3) is 0.455. The molecular formula is C22H21F6N5O4. The van der Waals surface area contributed by atoms with Crippen molar-refractivity contribution >= 4 is 17.9 Å². The van der Waals surface area contributed by atoms with Crippen molar-refractivity contribution in [3.63, 3.8) is 0 Å². The van der Waals surface area contributed by atoms with Gasteiger partial charge in [0.05, 0.1) is 12.2 Å². The molecule has 0 unspecified atom stereocenters. The van der Waals surface area contributed by atoms with Crippen molar-refractivity contribution in [2.45, 2.75) is 57.0 Å². The fourth-order valence-corrected chi connectivity index (χ4v) is 4.14. The predicted molar refractivity (Wildman–Crippen MR) is 113 cm³/mol. The summed E-state index contributed by atoms with van der Waals surface area (Å²) in [5.74, 6) is -6.72. The number of carboxylic acid groups (broad SMARTS) is 1. The van der Waals surface area contributed by atoms with Crippen LogP contribution in [-0.2, 0) is 30.5 Å². The van der Waals surface area contributed by atoms with E-state index in [1.807, 2.05) is 5.32 Å². The number of hydrogen-bond donors (Lipinski definition) is 3. The Labute approximate surface area is 205 Å². The standard InChI is InChI=1S/C22H21F6N5O4/c23-13-8-15(25)14(24)6-10(13)5-12(30-21(36)37)7-17(34)32-3-4-33-16(9-32)18(19(35)29-11-1-2-11)31-20(33)22(26,27)28/h6,8,11-12,30H,1-5,7,9H2,(H,29,35)(H,36,37)/t12-/m1/s1. The minimum absolute atomic E-state index is 0.125. The van der Waals surface area contributed by atoms with Gasteiger partial charge < -0.3 is 25.2 Å². The molecule has 200 valence electrons. The molecule has 9 nitrogen and oxygen atoms in total. The van der Waals surface area contributed by atoms with E-state index in [1.165, 1.54) is 0 Å². The molecule has 0 saturated heterocycles. The fourth-order valence-electron chi connectivity index (χ4n) is 4.14. The van der Waals surface area contributed by atoms with Crippen molar-refractivity contribution in [2.75, 3.05) is 6.54 Å². The average Bonchev–Trinajstić information content (AvgIpc) is 3.51. The number of aromatic nitrogens is 2. The highest BCUT2D eigenvalue weighted by atomic mass is 19.4. The number of halogens is 6. The number of amides is 3. The topological polar surface area (TPSA) is 117 Å². The lowest BCUT2D eigenvalue weighted by atomic mass is 10.0. The third-order valence-electron chi connectivity index (χ3n) is 6.04. The van der Waals surface area contributed by atoms with Gasteiger partial charge in [-0.05, 0) is 30.9 Å². The molecule has 15 heteroatoms. The Bertz CT molecular complexity index is 1240. The molecule has 1 aliphatic carbocycles. The first-order valence-corrected chi connectivity index (χ1v) is 11.2. The van der Waals surface area contributed by atoms with E-state index in [9.17, 15) is 40.7 Å². The first kappa shape index (κ1) is 26.3. The van der Waals surface area contributed by atoms with Gasteiger partial charge in [-0.15, -0.1) is 0 Å². The van der Waals surface area contributed by atoms with E-state index in [1.54, 1.807) is 0 Å². The van der Waals surface area contributed by atoms with Crippen LogP contribution in [-0.4, -0.2) is 56.1 Å². The molecule has 1 atom stereocenters. The number of imidazole rings is 1. The first-order chi connectivity index (χ1) is 17.3. The zero-order valence-electron chi connectivity index (χ0n) is 19.0. The second-order valence-electron chi connectivity index (χ2n) is 8.86. The second kappa shape index (κ2) is 9.94. The van der Waals surface area contributed by atoms with Crippen molar-refractivity contribution in [2.24, 2.45) is 0 Å². The summed E-state index contributed by atoms with van der Waals surface area (Å²) >= 11 is 0. The minimum atomic E-state index is -4.84. The largest absolute Gasteiger partial charge is 0.465 e. The molecule has 3 N–H and O–H groups in total. The molecule has 2 aliphatic rings. The Morgan fingerprint density at radius 2 is 1.76 bits per heavy atom. The molecule has 0 radical (unpaired) electrons. The van der Waals surface area contributed by atoms with E-state index in [2.05, 4.69) is 10.3 Å². The van der Waals surface area contributed by atoms with E-state index in [0.29, 0.717) is 25.0 Å². The molecule has 2 aromatic rings. The minimum Gasteiger partial charge on any atom is -0.465 e. The predicted octanol–water partition coefficient (Wildman–Crippen LogP) is 2.82. The van der Waals surface area contributed by atoms with Crippen LogP contribution >= 0.6 is 0 Å². The van der Waals surface area contributed by atoms with Gasteiger partial charge in [0.15, 0.2) is 17.3 Å². The Hall–Kier alpha value is -3.78. The number of fused-ring (bicyclic) bond motifs is 1. The molecular weight excluding hydrogens is 512 g/mol. The normalized spacial score (nSPS) is 16.2. The van der Waals surface area contributed by atoms with Crippen LogP contribution in [0, 0.1) is 17.5 Å². The van der Waals surface area contributed by atoms with Crippen molar-refractivity contribution in [1.29, 1.82) is 0 Å². The number of nitrogens with zero attached hydrogens (tertiary/aromatic N) is 3. The highest BCUT2D eigenvalue weighted by molar-refractivity contribution is 5.94. The number of alkyl halides is 3. The zero-order valence-corrected chi connectivity index (χ0v) is 19.0. The van der Waals surface area contributed by atoms with E-state index in [4.69, 9.17) is 5.11 Å². The molecule has 2 heterocycles. The SMILES string of the molecule is O=C(O)N[C@@H](CC(=O)N1CCn2c(C(F)(F)F)nc(C(=O)NC3CC3)c2C1)Cc1cc(F)c(F)cc1F. The number of rotatable bonds is 7. The van der Waals surface area contributed by atoms with Crippen molar-refractivity contribution in [1.82, 2.24) is 25.1 Å². The molecule has 4 rings (SSSR count). The van der Waals surface area contributed by atoms with Crippen LogP contribution in [0.1, 0.15) is 46.8 Å². The molecule has 1 aliphatic heterocycles. The van der Waals surface area contributed by atoms with Gasteiger partial charge in [-0.3, -0.25) is 9.59 Å². The van der Waals surface area contributed by atoms with Gasteiger partial charge in [-0.25, -0.2) is 22.9 Å². The molecule has 0 spiro atoms. The molecule has 1 fully saturated rings. The summed E-state index contributed by atoms with van der Waals surface area (Å²) in [7, 11) is 0. The van der Waals surface area contributed by atoms with Gasteiger partial charge >= 0.3 is 12.3 Å². The molecule has 1 aromatic heterocycles. The van der Waals surface area contributed by atoms with E-state index >= 15 is 0 Å². The summed E-state index contributed by atoms with van der Waals surface area (Å²) in [6.07, 6.45) is -6.09. The number of carbonyl (C=O) groups is 3. The Morgan fingerprint density at radius 1 is 1.08 bits per heavy atom. The lowest BCUT2D eigenvalue weighted by Gasteiger charge is -2.31. The molecule has 37 heavy (non-hydrogen) atoms. The molecule has 1 aromatic carbocycles. The summed E-state index contributed by atoms with van der Waals surface area (Å²) in [5, 5.41) is 13.7. The summed E-state index contributed by atoms with van der Waals surface area (Å²) in [5.41, 5.74) is -0.962. The maximum absolute atomic E-state index is 14.1. The highest BCUT2D eigenvalue weighted by Gasteiger charge is 2.42. The maximum Gasteiger partial charge on any atom is 0.449 e. The lowest BCUT2D eigenvalue weighted by molar-refractivity contribution is -0.148. The van der Waals surface area contributed by atoms with Crippen molar-refractivity contribution in [3.05, 3.63) is 52.4 Å². The van der Waals surface area contributed by atoms with Crippen LogP contribution < -0.4 is 10.6 Å². The number of benzene rings is 1. The number of nitrogens with one attached hydrogen (secondary N) is 2. The smallest absolute Gasteiger partial charge is 0.449 e. The maximum atomic E-state index is 14.1. The van der Waals surface area contributed by atoms with Gasteiger partial charge in [0.2, 0.25) is 11.7 Å². The van der Waals surface area contributed by atoms with Gasteiger partial charge in [-0.2, -0.15) is 13.2 Å². The van der Waals surface area contributed by atoms with Crippen molar-refractivity contribution in [3.8, 4) is 0 Å². The van der Waals surface area contributed by atoms with E-state index in [-0.39, 0.29) is 30.4 Å². The van der Waals surface area contributed by atoms with Gasteiger partial charge in [0.1, 0.15) is 5.82 Å². The molecule has 3 amide bonds. The molecule has 1 saturated carbocycles. The third-order valence-corrected chi connectivity index (χ3v) is 6.04. The van der Waals surface area contributed by atoms with Gasteiger partial charge in [0, 0.05) is 37.7 Å². The number of hydrogen-bond acceptors (Lipinski definition) is 4. The Morgan fingerprint density at radius 3 is 2.38 bits per heavy atom. The second-order valence-corrected chi connectivity index (χ2v) is 8.86. The summed E-state index contributed by atoms with van der Waals surface area (Å²) in [4.78, 5) is 41.4. The summed E-state index contributed by atoms with van der Waals surface area (Å²) < 4.78 is 82.3. The van der Waals surface area contributed by atoms with Crippen LogP contribution in [0.5, 0.6) is 0 Å². The van der Waals surface area contributed by atoms with Gasteiger partial charge in [-0.1, -0.05) is 0 Å².